The van der Waals surface area contributed by atoms with Gasteiger partial charge >= 0.3 is 5.97 Å². The van der Waals surface area contributed by atoms with Crippen molar-refractivity contribution in [2.24, 2.45) is 0 Å². The first-order valence-electron chi connectivity index (χ1n) is 5.28. The number of hydrogen-bond donors (Lipinski definition) is 0. The van der Waals surface area contributed by atoms with Crippen molar-refractivity contribution in [1.82, 2.24) is 4.90 Å². The van der Waals surface area contributed by atoms with Crippen LogP contribution < -0.4 is 0 Å². The van der Waals surface area contributed by atoms with Crippen molar-refractivity contribution >= 4 is 17.6 Å². The number of hydrogen-bond acceptors (Lipinski definition) is 3. The van der Waals surface area contributed by atoms with E-state index in [9.17, 15) is 4.79 Å². The minimum atomic E-state index is -0.114. The summed E-state index contributed by atoms with van der Waals surface area (Å²) >= 11 is 5.81. The smallest absolute Gasteiger partial charge is 0.323 e. The van der Waals surface area contributed by atoms with E-state index >= 15 is 0 Å². The summed E-state index contributed by atoms with van der Waals surface area (Å²) < 4.78 is 4.94. The molecule has 1 aromatic rings. The van der Waals surface area contributed by atoms with Crippen molar-refractivity contribution in [2.75, 3.05) is 13.7 Å². The second kappa shape index (κ2) is 4.85. The maximum Gasteiger partial charge on any atom is 0.323 e. The van der Waals surface area contributed by atoms with Gasteiger partial charge in [-0.1, -0.05) is 23.7 Å². The highest BCUT2D eigenvalue weighted by atomic mass is 35.5. The third kappa shape index (κ3) is 2.54. The molecule has 1 aliphatic heterocycles. The average Bonchev–Trinajstić information content (AvgIpc) is 2.68. The highest BCUT2D eigenvalue weighted by Gasteiger charge is 2.29. The molecule has 4 heteroatoms. The molecule has 0 N–H and O–H groups in total. The lowest BCUT2D eigenvalue weighted by molar-refractivity contribution is -0.142. The van der Waals surface area contributed by atoms with Crippen LogP contribution in [0, 0.1) is 0 Å². The van der Waals surface area contributed by atoms with E-state index in [1.165, 1.54) is 0 Å². The molecule has 1 aliphatic rings. The third-order valence-corrected chi connectivity index (χ3v) is 3.04. The lowest BCUT2D eigenvalue weighted by atomic mass is 10.1. The molecule has 1 aromatic carbocycles. The van der Waals surface area contributed by atoms with Crippen LogP contribution in [0.4, 0.5) is 0 Å². The fourth-order valence-electron chi connectivity index (χ4n) is 1.87. The highest BCUT2D eigenvalue weighted by Crippen LogP contribution is 2.16. The van der Waals surface area contributed by atoms with Gasteiger partial charge in [0.2, 0.25) is 0 Å². The highest BCUT2D eigenvalue weighted by molar-refractivity contribution is 6.30. The van der Waals surface area contributed by atoms with E-state index in [0.717, 1.165) is 23.6 Å². The first-order chi connectivity index (χ1) is 7.66. The number of likely N-dealkylation sites (N-methyl/N-ethyl adjacent to an activating group) is 1. The van der Waals surface area contributed by atoms with Gasteiger partial charge in [-0.3, -0.25) is 9.69 Å². The van der Waals surface area contributed by atoms with Crippen molar-refractivity contribution in [3.05, 3.63) is 34.9 Å². The summed E-state index contributed by atoms with van der Waals surface area (Å²) in [6.45, 7) is 1.27. The predicted octanol–water partition coefficient (Wildman–Crippen LogP) is 2.09. The first kappa shape index (κ1) is 11.4. The van der Waals surface area contributed by atoms with E-state index < -0.39 is 0 Å². The summed E-state index contributed by atoms with van der Waals surface area (Å²) in [6.07, 6.45) is 0.781. The van der Waals surface area contributed by atoms with Gasteiger partial charge in [0.05, 0.1) is 6.61 Å². The Morgan fingerprint density at radius 1 is 1.44 bits per heavy atom. The summed E-state index contributed by atoms with van der Waals surface area (Å²) in [5, 5.41) is 0.728. The van der Waals surface area contributed by atoms with Gasteiger partial charge < -0.3 is 4.74 Å². The molecule has 86 valence electrons. The number of esters is 1. The Morgan fingerprint density at radius 2 is 2.12 bits per heavy atom. The first-order valence-corrected chi connectivity index (χ1v) is 5.66. The van der Waals surface area contributed by atoms with E-state index in [1.807, 2.05) is 36.2 Å². The number of halogens is 1. The minimum absolute atomic E-state index is 0.101. The average molecular weight is 240 g/mol. The van der Waals surface area contributed by atoms with Crippen LogP contribution in [0.3, 0.4) is 0 Å². The Labute approximate surface area is 100.0 Å². The van der Waals surface area contributed by atoms with Crippen LogP contribution in [0.1, 0.15) is 12.0 Å². The monoisotopic (exact) mass is 239 g/mol. The van der Waals surface area contributed by atoms with Crippen LogP contribution in [-0.2, 0) is 16.1 Å². The second-order valence-corrected chi connectivity index (χ2v) is 4.45. The topological polar surface area (TPSA) is 29.5 Å². The third-order valence-electron chi connectivity index (χ3n) is 2.78. The Balaban J connectivity index is 1.98. The van der Waals surface area contributed by atoms with Crippen molar-refractivity contribution < 1.29 is 9.53 Å². The van der Waals surface area contributed by atoms with Gasteiger partial charge in [-0.25, -0.2) is 0 Å². The van der Waals surface area contributed by atoms with Crippen LogP contribution in [0.5, 0.6) is 0 Å². The number of rotatable bonds is 3. The summed E-state index contributed by atoms with van der Waals surface area (Å²) in [5.74, 6) is -0.114. The molecule has 3 nitrogen and oxygen atoms in total. The molecular weight excluding hydrogens is 226 g/mol. The van der Waals surface area contributed by atoms with Gasteiger partial charge in [-0.05, 0) is 24.7 Å². The van der Waals surface area contributed by atoms with E-state index in [-0.39, 0.29) is 12.0 Å². The Morgan fingerprint density at radius 3 is 2.69 bits per heavy atom. The van der Waals surface area contributed by atoms with Crippen molar-refractivity contribution in [1.29, 1.82) is 0 Å². The number of nitrogens with zero attached hydrogens (tertiary/aromatic N) is 1. The van der Waals surface area contributed by atoms with Gasteiger partial charge in [0.25, 0.3) is 0 Å². The molecule has 16 heavy (non-hydrogen) atoms. The molecule has 0 amide bonds. The van der Waals surface area contributed by atoms with Crippen LogP contribution in [0.15, 0.2) is 24.3 Å². The van der Waals surface area contributed by atoms with Gasteiger partial charge in [0, 0.05) is 18.0 Å². The lowest BCUT2D eigenvalue weighted by Crippen LogP contribution is -2.34. The molecule has 1 heterocycles. The molecule has 2 rings (SSSR count). The van der Waals surface area contributed by atoms with Crippen molar-refractivity contribution in [2.45, 2.75) is 19.0 Å². The molecule has 0 saturated carbocycles. The lowest BCUT2D eigenvalue weighted by Gasteiger charge is -2.20. The van der Waals surface area contributed by atoms with Crippen molar-refractivity contribution in [3.8, 4) is 0 Å². The SMILES string of the molecule is CN(Cc1ccc(Cl)cc1)[C@H]1CCOC1=O. The zero-order valence-corrected chi connectivity index (χ0v) is 9.91. The minimum Gasteiger partial charge on any atom is -0.464 e. The molecule has 1 saturated heterocycles. The molecule has 0 aliphatic carbocycles. The second-order valence-electron chi connectivity index (χ2n) is 4.01. The molecule has 1 fully saturated rings. The van der Waals surface area contributed by atoms with Gasteiger partial charge in [-0.15, -0.1) is 0 Å². The summed E-state index contributed by atoms with van der Waals surface area (Å²) in [4.78, 5) is 13.4. The number of carbonyl (C=O) groups is 1. The Bertz CT molecular complexity index is 377. The van der Waals surface area contributed by atoms with E-state index in [0.29, 0.717) is 6.61 Å². The Kier molecular flexibility index (Phi) is 3.46. The normalized spacial score (nSPS) is 20.2. The van der Waals surface area contributed by atoms with Crippen LogP contribution >= 0.6 is 11.6 Å². The molecule has 1 atom stereocenters. The van der Waals surface area contributed by atoms with E-state index in [4.69, 9.17) is 16.3 Å². The zero-order chi connectivity index (χ0) is 11.5. The summed E-state index contributed by atoms with van der Waals surface area (Å²) in [5.41, 5.74) is 1.15. The van der Waals surface area contributed by atoms with Gasteiger partial charge in [0.1, 0.15) is 6.04 Å². The fourth-order valence-corrected chi connectivity index (χ4v) is 2.00. The fraction of sp³-hybridized carbons (Fsp3) is 0.417. The van der Waals surface area contributed by atoms with Crippen LogP contribution in [0.25, 0.3) is 0 Å². The summed E-state index contributed by atoms with van der Waals surface area (Å²) in [6, 6.07) is 7.56. The predicted molar refractivity (Wildman–Crippen MR) is 62.3 cm³/mol. The molecule has 0 aromatic heterocycles. The number of ether oxygens (including phenoxy) is 1. The standard InChI is InChI=1S/C12H14ClNO2/c1-14(11-6-7-16-12(11)15)8-9-2-4-10(13)5-3-9/h2-5,11H,6-8H2,1H3/t11-/m0/s1. The van der Waals surface area contributed by atoms with Crippen molar-refractivity contribution in [3.63, 3.8) is 0 Å². The Hall–Kier alpha value is -1.06. The molecule has 0 unspecified atom stereocenters. The summed E-state index contributed by atoms with van der Waals surface area (Å²) in [7, 11) is 1.94. The van der Waals surface area contributed by atoms with Gasteiger partial charge in [0.15, 0.2) is 0 Å². The number of benzene rings is 1. The molecule has 0 bridgehead atoms. The van der Waals surface area contributed by atoms with Crippen LogP contribution in [0.2, 0.25) is 5.02 Å². The quantitative estimate of drug-likeness (QED) is 0.757. The zero-order valence-electron chi connectivity index (χ0n) is 9.15. The van der Waals surface area contributed by atoms with Crippen LogP contribution in [-0.4, -0.2) is 30.6 Å². The number of cyclic esters (lactones) is 1. The van der Waals surface area contributed by atoms with E-state index in [1.54, 1.807) is 0 Å². The maximum atomic E-state index is 11.4. The maximum absolute atomic E-state index is 11.4. The van der Waals surface area contributed by atoms with Gasteiger partial charge in [-0.2, -0.15) is 0 Å². The number of carbonyl (C=O) groups excluding carboxylic acids is 1. The molecule has 0 radical (unpaired) electrons. The largest absolute Gasteiger partial charge is 0.464 e. The molecule has 0 spiro atoms. The van der Waals surface area contributed by atoms with E-state index in [2.05, 4.69) is 0 Å². The molecular formula is C12H14ClNO2.